The van der Waals surface area contributed by atoms with Crippen LogP contribution in [-0.2, 0) is 0 Å². The summed E-state index contributed by atoms with van der Waals surface area (Å²) in [6.45, 7) is 0. The van der Waals surface area contributed by atoms with E-state index in [0.717, 1.165) is 68.2 Å². The number of benzene rings is 23. The van der Waals surface area contributed by atoms with E-state index < -0.39 is 0 Å². The zero-order chi connectivity index (χ0) is 82.3. The van der Waals surface area contributed by atoms with Crippen molar-refractivity contribution in [1.82, 2.24) is 0 Å². The molecule has 23 aromatic rings. The Labute approximate surface area is 716 Å². The molecule has 0 amide bonds. The Morgan fingerprint density at radius 1 is 0.122 bits per heavy atom. The predicted molar refractivity (Wildman–Crippen MR) is 531 cm³/mol. The minimum atomic E-state index is 1.12. The van der Waals surface area contributed by atoms with Gasteiger partial charge in [-0.25, -0.2) is 0 Å². The molecule has 584 valence electrons. The van der Waals surface area contributed by atoms with Crippen LogP contribution in [0.4, 0.5) is 85.3 Å². The van der Waals surface area contributed by atoms with Crippen molar-refractivity contribution in [3.8, 4) is 0 Å². The number of anilines is 15. The van der Waals surface area contributed by atoms with E-state index in [0.29, 0.717) is 0 Å². The van der Waals surface area contributed by atoms with Crippen LogP contribution in [0.2, 0.25) is 0 Å². The van der Waals surface area contributed by atoms with Gasteiger partial charge in [0.15, 0.2) is 0 Å². The Kier molecular flexibility index (Phi) is 19.6. The van der Waals surface area contributed by atoms with E-state index in [9.17, 15) is 0 Å². The maximum absolute atomic E-state index is 2.33. The van der Waals surface area contributed by atoms with Gasteiger partial charge in [0.05, 0.1) is 0 Å². The zero-order valence-electron chi connectivity index (χ0n) is 68.6. The van der Waals surface area contributed by atoms with Crippen molar-refractivity contribution >= 4 is 204 Å². The average molecular weight is 1580 g/mol. The van der Waals surface area contributed by atoms with Crippen LogP contribution in [-0.4, -0.2) is 21.1 Å². The van der Waals surface area contributed by atoms with Gasteiger partial charge in [0, 0.05) is 117 Å². The van der Waals surface area contributed by atoms with Crippen molar-refractivity contribution < 1.29 is 0 Å². The third-order valence-electron chi connectivity index (χ3n) is 24.5. The molecule has 0 heterocycles. The van der Waals surface area contributed by atoms with E-state index >= 15 is 0 Å². The van der Waals surface area contributed by atoms with Gasteiger partial charge in [-0.3, -0.25) is 0 Å². The molecule has 0 aliphatic heterocycles. The van der Waals surface area contributed by atoms with Crippen LogP contribution < -0.4 is 29.4 Å². The molecular weight excluding hydrogens is 1490 g/mol. The van der Waals surface area contributed by atoms with E-state index in [-0.39, 0.29) is 0 Å². The fourth-order valence-electron chi connectivity index (χ4n) is 18.3. The third-order valence-corrected chi connectivity index (χ3v) is 24.5. The Bertz CT molecular complexity index is 7760. The summed E-state index contributed by atoms with van der Waals surface area (Å²) in [5.74, 6) is 0. The van der Waals surface area contributed by atoms with Crippen LogP contribution in [0, 0.1) is 0 Å². The van der Waals surface area contributed by atoms with E-state index in [1.807, 2.05) is 0 Å². The molecule has 0 saturated carbocycles. The molecule has 0 unspecified atom stereocenters. The largest absolute Gasteiger partial charge is 0.345 e. The highest BCUT2D eigenvalue weighted by Crippen LogP contribution is 2.47. The minimum Gasteiger partial charge on any atom is -0.345 e. The molecule has 23 aromatic carbocycles. The van der Waals surface area contributed by atoms with Crippen LogP contribution in [0.15, 0.2) is 467 Å². The second-order valence-corrected chi connectivity index (χ2v) is 31.8. The fourth-order valence-corrected chi connectivity index (χ4v) is 18.3. The van der Waals surface area contributed by atoms with Gasteiger partial charge >= 0.3 is 0 Å². The lowest BCUT2D eigenvalue weighted by atomic mass is 9.89. The molecule has 0 atom stereocenters. The molecule has 0 radical (unpaired) electrons. The smallest absolute Gasteiger partial charge is 0.0494 e. The Balaban J connectivity index is 0.000000114. The third kappa shape index (κ3) is 14.3. The molecule has 6 heteroatoms. The van der Waals surface area contributed by atoms with E-state index in [1.54, 1.807) is 0 Å². The molecule has 0 spiro atoms. The number of hydrogen-bond donors (Lipinski definition) is 0. The molecule has 23 rings (SSSR count). The Morgan fingerprint density at radius 2 is 0.398 bits per heavy atom. The summed E-state index contributed by atoms with van der Waals surface area (Å²) in [6, 6.07) is 168. The summed E-state index contributed by atoms with van der Waals surface area (Å²) in [7, 11) is 6.47. The quantitative estimate of drug-likeness (QED) is 0.0747. The maximum atomic E-state index is 2.33. The highest BCUT2D eigenvalue weighted by atomic mass is 15.2. The van der Waals surface area contributed by atoms with Crippen LogP contribution in [0.3, 0.4) is 0 Å². The summed E-state index contributed by atoms with van der Waals surface area (Å²) in [5, 5.41) is 28.1. The number of hydrogen-bond acceptors (Lipinski definition) is 6. The van der Waals surface area contributed by atoms with Gasteiger partial charge in [-0.15, -0.1) is 0 Å². The summed E-state index contributed by atoms with van der Waals surface area (Å²) in [4.78, 5) is 13.8. The van der Waals surface area contributed by atoms with Crippen LogP contribution >= 0.6 is 0 Å². The maximum Gasteiger partial charge on any atom is 0.0494 e. The molecule has 0 saturated heterocycles. The number of rotatable bonds is 15. The standard InChI is InChI=1S/C43H30N2.2C37H28N2/c1-44(41-27-26-39-37-17-8-13-30-12-7-16-36(42(30)37)38-18-9-19-40(41)43(38)39)32-22-24-34(25-23-32)45(33-14-3-2-4-15-33)35-21-20-29-10-5-6-11-31(29)28-35;1-38(37-26-29-13-7-8-16-34(29)35-17-9-10-18-36(35)37)30-21-23-32(24-22-30)39(31-14-3-2-4-15-31)33-20-19-27-11-5-6-12-28(27)25-33;1-38(36-17-16-31-23-28-10-7-8-11-29(28)24-32(31)26-36)33-19-21-35(22-20-33)39(34-13-3-2-4-14-34)37-18-15-27-9-5-6-12-30(27)25-37/h2-28H,1H3;2*2-26H,1H3. The Hall–Kier alpha value is -16.0. The SMILES string of the molecule is CN(c1ccc(N(c2ccccc2)c2ccc3ccccc3c2)cc1)c1cc2ccccc2c2ccccc12.CN(c1ccc(N(c2ccccc2)c2ccc3ccccc3c2)cc1)c1ccc2c3cccc4cccc(c5cccc1c52)c43.CN(c1ccc(N(c2ccccc2)c2ccc3ccccc3c2)cc1)c1ccc2cc3ccccc3cc2c1. The molecule has 0 fully saturated rings. The second kappa shape index (κ2) is 32.4. The lowest BCUT2D eigenvalue weighted by molar-refractivity contribution is 1.21. The van der Waals surface area contributed by atoms with Gasteiger partial charge < -0.3 is 29.4 Å². The van der Waals surface area contributed by atoms with Gasteiger partial charge in [-0.2, -0.15) is 0 Å². The monoisotopic (exact) mass is 1570 g/mol. The highest BCUT2D eigenvalue weighted by molar-refractivity contribution is 6.34. The van der Waals surface area contributed by atoms with Crippen LogP contribution in [0.5, 0.6) is 0 Å². The Morgan fingerprint density at radius 3 is 0.862 bits per heavy atom. The van der Waals surface area contributed by atoms with Crippen LogP contribution in [0.25, 0.3) is 118 Å². The van der Waals surface area contributed by atoms with Gasteiger partial charge in [0.2, 0.25) is 0 Å². The second-order valence-electron chi connectivity index (χ2n) is 31.8. The molecule has 0 aliphatic carbocycles. The zero-order valence-corrected chi connectivity index (χ0v) is 68.6. The molecule has 0 aromatic heterocycles. The number of para-hydroxylation sites is 3. The lowest BCUT2D eigenvalue weighted by Crippen LogP contribution is -2.12. The predicted octanol–water partition coefficient (Wildman–Crippen LogP) is 32.9. The van der Waals surface area contributed by atoms with Crippen LogP contribution in [0.1, 0.15) is 0 Å². The molecular formula is C117H86N6. The number of nitrogens with zero attached hydrogens (tertiary/aromatic N) is 6. The van der Waals surface area contributed by atoms with Crippen molar-refractivity contribution in [3.63, 3.8) is 0 Å². The topological polar surface area (TPSA) is 19.4 Å². The molecule has 0 bridgehead atoms. The molecule has 6 nitrogen and oxygen atoms in total. The summed E-state index contributed by atoms with van der Waals surface area (Å²) < 4.78 is 0. The van der Waals surface area contributed by atoms with E-state index in [2.05, 4.69) is 518 Å². The first-order chi connectivity index (χ1) is 60.7. The van der Waals surface area contributed by atoms with Crippen molar-refractivity contribution in [2.75, 3.05) is 50.5 Å². The average Bonchev–Trinajstić information content (AvgIpc) is 0.715. The van der Waals surface area contributed by atoms with Crippen molar-refractivity contribution in [3.05, 3.63) is 467 Å². The van der Waals surface area contributed by atoms with Crippen molar-refractivity contribution in [1.29, 1.82) is 0 Å². The summed E-state index contributed by atoms with van der Waals surface area (Å²) in [6.07, 6.45) is 0. The number of fused-ring (bicyclic) bond motifs is 10. The summed E-state index contributed by atoms with van der Waals surface area (Å²) in [5.41, 5.74) is 17.2. The summed E-state index contributed by atoms with van der Waals surface area (Å²) >= 11 is 0. The normalized spacial score (nSPS) is 11.4. The van der Waals surface area contributed by atoms with Gasteiger partial charge in [-0.05, 0) is 290 Å². The van der Waals surface area contributed by atoms with Gasteiger partial charge in [0.25, 0.3) is 0 Å². The van der Waals surface area contributed by atoms with Crippen molar-refractivity contribution in [2.24, 2.45) is 0 Å². The van der Waals surface area contributed by atoms with E-state index in [4.69, 9.17) is 0 Å². The molecule has 123 heavy (non-hydrogen) atoms. The first-order valence-corrected chi connectivity index (χ1v) is 42.2. The van der Waals surface area contributed by atoms with Gasteiger partial charge in [-0.1, -0.05) is 285 Å². The van der Waals surface area contributed by atoms with E-state index in [1.165, 1.54) is 136 Å². The van der Waals surface area contributed by atoms with Crippen molar-refractivity contribution in [2.45, 2.75) is 0 Å². The first-order valence-electron chi connectivity index (χ1n) is 42.2. The molecule has 0 N–H and O–H groups in total. The highest BCUT2D eigenvalue weighted by Gasteiger charge is 2.22. The minimum absolute atomic E-state index is 1.12. The fraction of sp³-hybridized carbons (Fsp3) is 0.0256. The lowest BCUT2D eigenvalue weighted by Gasteiger charge is -2.27. The molecule has 0 aliphatic rings. The van der Waals surface area contributed by atoms with Gasteiger partial charge in [0.1, 0.15) is 0 Å². The first kappa shape index (κ1) is 74.5.